The Bertz CT molecular complexity index is 831. The molecule has 0 spiro atoms. The molecule has 4 nitrogen and oxygen atoms in total. The molecule has 2 aromatic carbocycles. The maximum atomic E-state index is 11.9. The molecule has 0 bridgehead atoms. The summed E-state index contributed by atoms with van der Waals surface area (Å²) in [5.41, 5.74) is 1.11. The number of methoxy groups -OCH3 is 1. The van der Waals surface area contributed by atoms with Crippen molar-refractivity contribution in [3.63, 3.8) is 0 Å². The second-order valence-electron chi connectivity index (χ2n) is 4.79. The molecular formula is C18H13Cl2IO4. The molecule has 0 saturated heterocycles. The van der Waals surface area contributed by atoms with E-state index in [4.69, 9.17) is 43.8 Å². The van der Waals surface area contributed by atoms with Gasteiger partial charge in [0.2, 0.25) is 0 Å². The summed E-state index contributed by atoms with van der Waals surface area (Å²) in [5, 5.41) is 1.06. The number of hydrogen-bond donors (Lipinski definition) is 0. The fraction of sp³-hybridized carbons (Fsp3) is 0.167. The third-order valence-corrected chi connectivity index (χ3v) is 4.53. The van der Waals surface area contributed by atoms with Crippen molar-refractivity contribution in [3.8, 4) is 23.8 Å². The van der Waals surface area contributed by atoms with Gasteiger partial charge in [-0.1, -0.05) is 35.2 Å². The number of terminal acetylenes is 1. The van der Waals surface area contributed by atoms with Crippen LogP contribution in [0.5, 0.6) is 11.5 Å². The Hall–Kier alpha value is -1.62. The summed E-state index contributed by atoms with van der Waals surface area (Å²) in [7, 11) is 1.49. The van der Waals surface area contributed by atoms with Crippen LogP contribution in [0.25, 0.3) is 0 Å². The maximum absolute atomic E-state index is 11.9. The largest absolute Gasteiger partial charge is 0.493 e. The Morgan fingerprint density at radius 2 is 2.04 bits per heavy atom. The molecule has 0 N–H and O–H groups in total. The minimum Gasteiger partial charge on any atom is -0.493 e. The normalized spacial score (nSPS) is 10.0. The smallest absolute Gasteiger partial charge is 0.339 e. The maximum Gasteiger partial charge on any atom is 0.339 e. The predicted molar refractivity (Wildman–Crippen MR) is 106 cm³/mol. The molecule has 0 aliphatic heterocycles. The van der Waals surface area contributed by atoms with Crippen molar-refractivity contribution in [2.45, 2.75) is 6.61 Å². The highest BCUT2D eigenvalue weighted by Gasteiger charge is 2.17. The standard InChI is InChI=1S/C18H13Cl2IO4/c1-3-6-24-18(22)12-7-15(21)17(16(8-12)23-2)25-10-11-4-5-13(19)9-14(11)20/h1,4-5,7-9H,6,10H2,2H3. The molecule has 0 aliphatic rings. The summed E-state index contributed by atoms with van der Waals surface area (Å²) in [4.78, 5) is 11.9. The molecule has 0 aliphatic carbocycles. The molecule has 0 atom stereocenters. The molecular weight excluding hydrogens is 478 g/mol. The van der Waals surface area contributed by atoms with Crippen molar-refractivity contribution in [2.75, 3.05) is 13.7 Å². The van der Waals surface area contributed by atoms with E-state index in [9.17, 15) is 4.79 Å². The number of rotatable bonds is 6. The van der Waals surface area contributed by atoms with Gasteiger partial charge in [0.1, 0.15) is 6.61 Å². The van der Waals surface area contributed by atoms with Gasteiger partial charge in [-0.3, -0.25) is 0 Å². The first kappa shape index (κ1) is 19.7. The van der Waals surface area contributed by atoms with Gasteiger partial charge in [-0.15, -0.1) is 6.42 Å². The number of carbonyl (C=O) groups is 1. The highest BCUT2D eigenvalue weighted by Crippen LogP contribution is 2.35. The summed E-state index contributed by atoms with van der Waals surface area (Å²) in [6, 6.07) is 8.35. The van der Waals surface area contributed by atoms with Gasteiger partial charge in [-0.2, -0.15) is 0 Å². The molecule has 0 aromatic heterocycles. The summed E-state index contributed by atoms with van der Waals surface area (Å²) in [6.45, 7) is 0.133. The van der Waals surface area contributed by atoms with Gasteiger partial charge in [0.05, 0.1) is 16.2 Å². The van der Waals surface area contributed by atoms with Crippen LogP contribution < -0.4 is 9.47 Å². The van der Waals surface area contributed by atoms with Gasteiger partial charge in [0.25, 0.3) is 0 Å². The average molecular weight is 491 g/mol. The first-order chi connectivity index (χ1) is 12.0. The zero-order valence-electron chi connectivity index (χ0n) is 13.1. The molecule has 130 valence electrons. The molecule has 0 fully saturated rings. The number of carbonyl (C=O) groups excluding carboxylic acids is 1. The highest BCUT2D eigenvalue weighted by atomic mass is 127. The van der Waals surface area contributed by atoms with E-state index in [-0.39, 0.29) is 13.2 Å². The molecule has 0 heterocycles. The van der Waals surface area contributed by atoms with E-state index in [0.717, 1.165) is 5.56 Å². The van der Waals surface area contributed by atoms with Crippen LogP contribution in [0, 0.1) is 15.9 Å². The van der Waals surface area contributed by atoms with Gasteiger partial charge >= 0.3 is 5.97 Å². The van der Waals surface area contributed by atoms with Crippen molar-refractivity contribution >= 4 is 51.8 Å². The third-order valence-electron chi connectivity index (χ3n) is 3.14. The Balaban J connectivity index is 2.23. The predicted octanol–water partition coefficient (Wildman–Crippen LogP) is 4.98. The highest BCUT2D eigenvalue weighted by molar-refractivity contribution is 14.1. The second kappa shape index (κ2) is 9.18. The van der Waals surface area contributed by atoms with Crippen LogP contribution in [0.1, 0.15) is 15.9 Å². The molecule has 2 rings (SSSR count). The van der Waals surface area contributed by atoms with Gasteiger partial charge in [-0.05, 0) is 46.9 Å². The van der Waals surface area contributed by atoms with Gasteiger partial charge < -0.3 is 14.2 Å². The Morgan fingerprint density at radius 3 is 2.68 bits per heavy atom. The van der Waals surface area contributed by atoms with Gasteiger partial charge in [0, 0.05) is 15.6 Å². The summed E-state index contributed by atoms with van der Waals surface area (Å²) in [5.74, 6) is 2.63. The van der Waals surface area contributed by atoms with Crippen molar-refractivity contribution in [2.24, 2.45) is 0 Å². The van der Waals surface area contributed by atoms with E-state index in [1.54, 1.807) is 30.3 Å². The van der Waals surface area contributed by atoms with Crippen LogP contribution in [0.15, 0.2) is 30.3 Å². The first-order valence-corrected chi connectivity index (χ1v) is 8.84. The fourth-order valence-electron chi connectivity index (χ4n) is 1.96. The van der Waals surface area contributed by atoms with E-state index in [1.165, 1.54) is 7.11 Å². The van der Waals surface area contributed by atoms with Crippen LogP contribution in [0.4, 0.5) is 0 Å². The number of ether oxygens (including phenoxy) is 3. The lowest BCUT2D eigenvalue weighted by atomic mass is 10.2. The lowest BCUT2D eigenvalue weighted by Gasteiger charge is -2.14. The average Bonchev–Trinajstić information content (AvgIpc) is 2.59. The van der Waals surface area contributed by atoms with Crippen molar-refractivity contribution < 1.29 is 19.0 Å². The second-order valence-corrected chi connectivity index (χ2v) is 6.80. The van der Waals surface area contributed by atoms with E-state index < -0.39 is 5.97 Å². The Labute approximate surface area is 169 Å². The number of esters is 1. The number of hydrogen-bond acceptors (Lipinski definition) is 4. The molecule has 2 aromatic rings. The molecule has 0 saturated carbocycles. The van der Waals surface area contributed by atoms with E-state index in [0.29, 0.717) is 30.7 Å². The fourth-order valence-corrected chi connectivity index (χ4v) is 3.18. The minimum absolute atomic E-state index is 0.0922. The molecule has 0 radical (unpaired) electrons. The van der Waals surface area contributed by atoms with Crippen LogP contribution in [0.2, 0.25) is 10.0 Å². The van der Waals surface area contributed by atoms with Crippen molar-refractivity contribution in [3.05, 3.63) is 55.1 Å². The molecule has 25 heavy (non-hydrogen) atoms. The van der Waals surface area contributed by atoms with Crippen LogP contribution in [-0.4, -0.2) is 19.7 Å². The zero-order valence-corrected chi connectivity index (χ0v) is 16.8. The lowest BCUT2D eigenvalue weighted by Crippen LogP contribution is -2.07. The molecule has 0 unspecified atom stereocenters. The zero-order chi connectivity index (χ0) is 18.4. The van der Waals surface area contributed by atoms with E-state index >= 15 is 0 Å². The lowest BCUT2D eigenvalue weighted by molar-refractivity contribution is 0.0556. The van der Waals surface area contributed by atoms with Gasteiger partial charge in [-0.25, -0.2) is 4.79 Å². The SMILES string of the molecule is C#CCOC(=O)c1cc(I)c(OCc2ccc(Cl)cc2Cl)c(OC)c1. The summed E-state index contributed by atoms with van der Waals surface area (Å²) in [6.07, 6.45) is 5.09. The Morgan fingerprint density at radius 1 is 1.28 bits per heavy atom. The van der Waals surface area contributed by atoms with Crippen molar-refractivity contribution in [1.82, 2.24) is 0 Å². The van der Waals surface area contributed by atoms with Gasteiger partial charge in [0.15, 0.2) is 18.1 Å². The summed E-state index contributed by atoms with van der Waals surface area (Å²) >= 11 is 14.1. The van der Waals surface area contributed by atoms with Crippen LogP contribution >= 0.6 is 45.8 Å². The summed E-state index contributed by atoms with van der Waals surface area (Å²) < 4.78 is 16.8. The molecule has 0 amide bonds. The van der Waals surface area contributed by atoms with E-state index in [2.05, 4.69) is 28.5 Å². The number of benzene rings is 2. The minimum atomic E-state index is -0.526. The quantitative estimate of drug-likeness (QED) is 0.325. The third kappa shape index (κ3) is 5.18. The molecule has 7 heteroatoms. The van der Waals surface area contributed by atoms with Crippen LogP contribution in [-0.2, 0) is 11.3 Å². The first-order valence-electron chi connectivity index (χ1n) is 7.01. The monoisotopic (exact) mass is 490 g/mol. The van der Waals surface area contributed by atoms with E-state index in [1.807, 2.05) is 0 Å². The van der Waals surface area contributed by atoms with Crippen molar-refractivity contribution in [1.29, 1.82) is 0 Å². The topological polar surface area (TPSA) is 44.8 Å². The number of halogens is 3. The Kier molecular flexibility index (Phi) is 7.24. The van der Waals surface area contributed by atoms with Crippen LogP contribution in [0.3, 0.4) is 0 Å².